The SMILES string of the molecule is CCOc1ccc2oc(C(=O)N/N=C/c3cc(Br)c(OCc4ccc(Cl)cc4Cl)c(I)c3)cc2c1. The van der Waals surface area contributed by atoms with E-state index in [-0.39, 0.29) is 12.4 Å². The summed E-state index contributed by atoms with van der Waals surface area (Å²) < 4.78 is 18.7. The summed E-state index contributed by atoms with van der Waals surface area (Å²) in [6.07, 6.45) is 1.54. The summed E-state index contributed by atoms with van der Waals surface area (Å²) in [4.78, 5) is 12.5. The molecular formula is C25H18BrCl2IN2O4. The first-order valence-corrected chi connectivity index (χ1v) is 13.0. The van der Waals surface area contributed by atoms with Crippen molar-refractivity contribution in [3.63, 3.8) is 0 Å². The van der Waals surface area contributed by atoms with Gasteiger partial charge in [0, 0.05) is 21.0 Å². The second-order valence-electron chi connectivity index (χ2n) is 7.28. The number of carbonyl (C=O) groups is 1. The van der Waals surface area contributed by atoms with Crippen molar-refractivity contribution >= 4 is 84.8 Å². The van der Waals surface area contributed by atoms with Gasteiger partial charge in [0.25, 0.3) is 0 Å². The van der Waals surface area contributed by atoms with Crippen LogP contribution in [-0.4, -0.2) is 18.7 Å². The van der Waals surface area contributed by atoms with E-state index in [0.29, 0.717) is 28.0 Å². The van der Waals surface area contributed by atoms with Gasteiger partial charge < -0.3 is 13.9 Å². The van der Waals surface area contributed by atoms with Crippen molar-refractivity contribution < 1.29 is 18.7 Å². The van der Waals surface area contributed by atoms with Crippen LogP contribution in [0.5, 0.6) is 11.5 Å². The maximum atomic E-state index is 12.5. The van der Waals surface area contributed by atoms with Gasteiger partial charge in [0.05, 0.1) is 20.9 Å². The third-order valence-electron chi connectivity index (χ3n) is 4.81. The molecule has 1 aromatic heterocycles. The van der Waals surface area contributed by atoms with E-state index in [1.165, 1.54) is 0 Å². The van der Waals surface area contributed by atoms with Gasteiger partial charge in [0.1, 0.15) is 23.7 Å². The van der Waals surface area contributed by atoms with Crippen LogP contribution in [0, 0.1) is 3.57 Å². The minimum absolute atomic E-state index is 0.158. The zero-order valence-electron chi connectivity index (χ0n) is 18.3. The molecule has 1 amide bonds. The molecule has 0 saturated carbocycles. The number of ether oxygens (including phenoxy) is 2. The zero-order valence-corrected chi connectivity index (χ0v) is 23.5. The highest BCUT2D eigenvalue weighted by Gasteiger charge is 2.13. The van der Waals surface area contributed by atoms with Crippen molar-refractivity contribution in [2.45, 2.75) is 13.5 Å². The summed E-state index contributed by atoms with van der Waals surface area (Å²) in [6.45, 7) is 2.76. The van der Waals surface area contributed by atoms with Crippen LogP contribution in [0.3, 0.4) is 0 Å². The molecule has 0 aliphatic heterocycles. The number of halogens is 4. The highest BCUT2D eigenvalue weighted by molar-refractivity contribution is 14.1. The van der Waals surface area contributed by atoms with E-state index in [9.17, 15) is 4.79 Å². The average molecular weight is 688 g/mol. The monoisotopic (exact) mass is 686 g/mol. The van der Waals surface area contributed by atoms with E-state index in [4.69, 9.17) is 37.1 Å². The summed E-state index contributed by atoms with van der Waals surface area (Å²) >= 11 is 17.9. The van der Waals surface area contributed by atoms with Crippen LogP contribution in [0.15, 0.2) is 68.6 Å². The number of hydrogen-bond donors (Lipinski definition) is 1. The molecule has 0 saturated heterocycles. The molecule has 10 heteroatoms. The van der Waals surface area contributed by atoms with E-state index < -0.39 is 5.91 Å². The number of nitrogens with zero attached hydrogens (tertiary/aromatic N) is 1. The van der Waals surface area contributed by atoms with E-state index in [0.717, 1.165) is 30.3 Å². The molecule has 180 valence electrons. The van der Waals surface area contributed by atoms with Crippen LogP contribution in [0.1, 0.15) is 28.6 Å². The van der Waals surface area contributed by atoms with E-state index in [1.807, 2.05) is 31.2 Å². The molecule has 3 aromatic carbocycles. The molecule has 6 nitrogen and oxygen atoms in total. The number of amides is 1. The summed E-state index contributed by atoms with van der Waals surface area (Å²) in [5.41, 5.74) is 4.68. The van der Waals surface area contributed by atoms with Gasteiger partial charge in [-0.2, -0.15) is 5.10 Å². The minimum atomic E-state index is -0.455. The van der Waals surface area contributed by atoms with Gasteiger partial charge >= 0.3 is 5.91 Å². The quantitative estimate of drug-likeness (QED) is 0.116. The third-order valence-corrected chi connectivity index (χ3v) is 6.79. The first-order chi connectivity index (χ1) is 16.8. The minimum Gasteiger partial charge on any atom is -0.494 e. The zero-order chi connectivity index (χ0) is 24.9. The van der Waals surface area contributed by atoms with Crippen LogP contribution >= 0.6 is 61.7 Å². The van der Waals surface area contributed by atoms with Crippen molar-refractivity contribution in [3.05, 3.63) is 89.6 Å². The largest absolute Gasteiger partial charge is 0.494 e. The fourth-order valence-electron chi connectivity index (χ4n) is 3.19. The second kappa shape index (κ2) is 11.6. The van der Waals surface area contributed by atoms with Gasteiger partial charge in [-0.05, 0) is 99.5 Å². The Morgan fingerprint density at radius 1 is 1.14 bits per heavy atom. The van der Waals surface area contributed by atoms with Crippen LogP contribution in [-0.2, 0) is 6.61 Å². The van der Waals surface area contributed by atoms with Crippen molar-refractivity contribution in [1.82, 2.24) is 5.43 Å². The van der Waals surface area contributed by atoms with Gasteiger partial charge in [0.15, 0.2) is 5.76 Å². The predicted molar refractivity (Wildman–Crippen MR) is 150 cm³/mol. The molecule has 0 fully saturated rings. The Balaban J connectivity index is 1.40. The van der Waals surface area contributed by atoms with Crippen molar-refractivity contribution in [1.29, 1.82) is 0 Å². The molecule has 0 bridgehead atoms. The molecule has 0 radical (unpaired) electrons. The van der Waals surface area contributed by atoms with E-state index >= 15 is 0 Å². The average Bonchev–Trinajstić information content (AvgIpc) is 3.23. The van der Waals surface area contributed by atoms with Crippen molar-refractivity contribution in [2.75, 3.05) is 6.61 Å². The molecular weight excluding hydrogens is 670 g/mol. The van der Waals surface area contributed by atoms with Crippen LogP contribution in [0.25, 0.3) is 11.0 Å². The van der Waals surface area contributed by atoms with Crippen molar-refractivity contribution in [3.8, 4) is 11.5 Å². The van der Waals surface area contributed by atoms with Gasteiger partial charge in [-0.15, -0.1) is 0 Å². The van der Waals surface area contributed by atoms with Crippen LogP contribution in [0.2, 0.25) is 10.0 Å². The van der Waals surface area contributed by atoms with E-state index in [2.05, 4.69) is 49.0 Å². The fraction of sp³-hybridized carbons (Fsp3) is 0.120. The maximum Gasteiger partial charge on any atom is 0.307 e. The van der Waals surface area contributed by atoms with Gasteiger partial charge in [-0.25, -0.2) is 5.43 Å². The number of fused-ring (bicyclic) bond motifs is 1. The highest BCUT2D eigenvalue weighted by Crippen LogP contribution is 2.33. The summed E-state index contributed by atoms with van der Waals surface area (Å²) in [6, 6.07) is 16.0. The summed E-state index contributed by atoms with van der Waals surface area (Å²) in [5, 5.41) is 5.95. The Hall–Kier alpha value is -2.27. The lowest BCUT2D eigenvalue weighted by Crippen LogP contribution is -2.16. The molecule has 1 heterocycles. The third kappa shape index (κ3) is 6.49. The molecule has 0 unspecified atom stereocenters. The van der Waals surface area contributed by atoms with Gasteiger partial charge in [-0.3, -0.25) is 4.79 Å². The summed E-state index contributed by atoms with van der Waals surface area (Å²) in [5.74, 6) is 1.09. The molecule has 0 aliphatic rings. The number of nitrogens with one attached hydrogen (secondary N) is 1. The molecule has 35 heavy (non-hydrogen) atoms. The van der Waals surface area contributed by atoms with Gasteiger partial charge in [-0.1, -0.05) is 29.3 Å². The van der Waals surface area contributed by atoms with Crippen LogP contribution < -0.4 is 14.9 Å². The van der Waals surface area contributed by atoms with Gasteiger partial charge in [0.2, 0.25) is 0 Å². The number of rotatable bonds is 8. The predicted octanol–water partition coefficient (Wildman–Crippen LogP) is 7.85. The lowest BCUT2D eigenvalue weighted by Gasteiger charge is -2.12. The molecule has 1 N–H and O–H groups in total. The molecule has 0 atom stereocenters. The first-order valence-electron chi connectivity index (χ1n) is 10.4. The number of hydrazone groups is 1. The van der Waals surface area contributed by atoms with E-state index in [1.54, 1.807) is 36.5 Å². The molecule has 0 aliphatic carbocycles. The Labute approximate surface area is 233 Å². The smallest absolute Gasteiger partial charge is 0.307 e. The first kappa shape index (κ1) is 25.8. The Morgan fingerprint density at radius 2 is 1.97 bits per heavy atom. The highest BCUT2D eigenvalue weighted by atomic mass is 127. The lowest BCUT2D eigenvalue weighted by molar-refractivity contribution is 0.0929. The number of carbonyl (C=O) groups excluding carboxylic acids is 1. The normalized spacial score (nSPS) is 11.2. The maximum absolute atomic E-state index is 12.5. The lowest BCUT2D eigenvalue weighted by atomic mass is 10.2. The number of hydrogen-bond acceptors (Lipinski definition) is 5. The standard InChI is InChI=1S/C25H18BrCl2IN2O4/c1-2-33-18-5-6-22-16(9-18)10-23(35-22)25(32)31-30-12-14-7-19(26)24(21(29)8-14)34-13-15-3-4-17(27)11-20(15)28/h3-12H,2,13H2,1H3,(H,31,32)/b30-12+. The summed E-state index contributed by atoms with van der Waals surface area (Å²) in [7, 11) is 0. The Bertz CT molecular complexity index is 1400. The van der Waals surface area contributed by atoms with Crippen LogP contribution in [0.4, 0.5) is 0 Å². The Morgan fingerprint density at radius 3 is 2.71 bits per heavy atom. The molecule has 0 spiro atoms. The number of benzene rings is 3. The molecule has 4 rings (SSSR count). The Kier molecular flexibility index (Phi) is 8.59. The second-order valence-corrected chi connectivity index (χ2v) is 10.1. The van der Waals surface area contributed by atoms with Crippen molar-refractivity contribution in [2.24, 2.45) is 5.10 Å². The number of furan rings is 1. The molecule has 4 aromatic rings. The topological polar surface area (TPSA) is 73.1 Å². The fourth-order valence-corrected chi connectivity index (χ4v) is 5.42.